The van der Waals surface area contributed by atoms with Crippen molar-refractivity contribution >= 4 is 46.3 Å². The molecule has 0 radical (unpaired) electrons. The van der Waals surface area contributed by atoms with E-state index in [9.17, 15) is 0 Å². The van der Waals surface area contributed by atoms with Crippen molar-refractivity contribution in [1.82, 2.24) is 15.0 Å². The fraction of sp³-hybridized carbons (Fsp3) is 0. The molecule has 2 aromatic heterocycles. The third kappa shape index (κ3) is 3.84. The molecule has 0 amide bonds. The summed E-state index contributed by atoms with van der Waals surface area (Å²) in [6, 6.07) is 14.5. The zero-order valence-corrected chi connectivity index (χ0v) is 12.8. The van der Waals surface area contributed by atoms with E-state index in [1.165, 1.54) is 6.33 Å². The van der Waals surface area contributed by atoms with E-state index in [4.69, 9.17) is 23.2 Å². The van der Waals surface area contributed by atoms with Gasteiger partial charge < -0.3 is 10.6 Å². The largest absolute Gasteiger partial charge is 0.340 e. The van der Waals surface area contributed by atoms with Crippen molar-refractivity contribution in [1.29, 1.82) is 0 Å². The average Bonchev–Trinajstić information content (AvgIpc) is 2.50. The van der Waals surface area contributed by atoms with Gasteiger partial charge in [-0.05, 0) is 36.4 Å². The predicted octanol–water partition coefficient (Wildman–Crippen LogP) is 4.67. The minimum absolute atomic E-state index is 0.415. The number of hydrogen-bond acceptors (Lipinski definition) is 5. The van der Waals surface area contributed by atoms with Crippen LogP contribution in [-0.4, -0.2) is 15.0 Å². The minimum atomic E-state index is 0.415. The van der Waals surface area contributed by atoms with Crippen molar-refractivity contribution in [2.45, 2.75) is 0 Å². The summed E-state index contributed by atoms with van der Waals surface area (Å²) in [5.41, 5.74) is 0.884. The van der Waals surface area contributed by atoms with Gasteiger partial charge in [-0.15, -0.1) is 0 Å². The number of benzene rings is 1. The Morgan fingerprint density at radius 3 is 2.23 bits per heavy atom. The molecule has 3 aromatic rings. The molecule has 0 atom stereocenters. The Hall–Kier alpha value is -2.37. The van der Waals surface area contributed by atoms with Crippen LogP contribution in [0.15, 0.2) is 54.9 Å². The number of aromatic nitrogens is 3. The lowest BCUT2D eigenvalue weighted by Crippen LogP contribution is -1.99. The van der Waals surface area contributed by atoms with Gasteiger partial charge in [0.25, 0.3) is 0 Å². The number of nitrogens with zero attached hydrogens (tertiary/aromatic N) is 3. The van der Waals surface area contributed by atoms with Crippen molar-refractivity contribution < 1.29 is 0 Å². The van der Waals surface area contributed by atoms with Crippen LogP contribution in [0, 0.1) is 0 Å². The summed E-state index contributed by atoms with van der Waals surface area (Å²) in [5, 5.41) is 7.34. The number of anilines is 4. The quantitative estimate of drug-likeness (QED) is 0.680. The second kappa shape index (κ2) is 6.60. The summed E-state index contributed by atoms with van der Waals surface area (Å²) in [6.45, 7) is 0. The maximum absolute atomic E-state index is 5.86. The van der Waals surface area contributed by atoms with Crippen molar-refractivity contribution in [2.24, 2.45) is 0 Å². The van der Waals surface area contributed by atoms with Crippen molar-refractivity contribution in [3.05, 3.63) is 65.0 Å². The molecule has 110 valence electrons. The van der Waals surface area contributed by atoms with Crippen molar-refractivity contribution in [3.8, 4) is 0 Å². The first-order valence-corrected chi connectivity index (χ1v) is 7.19. The maximum Gasteiger partial charge on any atom is 0.137 e. The van der Waals surface area contributed by atoms with Gasteiger partial charge >= 0.3 is 0 Å². The lowest BCUT2D eigenvalue weighted by molar-refractivity contribution is 1.16. The Morgan fingerprint density at radius 1 is 0.773 bits per heavy atom. The number of rotatable bonds is 4. The first-order chi connectivity index (χ1) is 10.7. The van der Waals surface area contributed by atoms with E-state index in [1.807, 2.05) is 18.2 Å². The molecule has 0 fully saturated rings. The van der Waals surface area contributed by atoms with E-state index >= 15 is 0 Å². The molecule has 0 aliphatic heterocycles. The smallest absolute Gasteiger partial charge is 0.137 e. The van der Waals surface area contributed by atoms with Gasteiger partial charge in [0.05, 0.1) is 0 Å². The highest BCUT2D eigenvalue weighted by atomic mass is 35.5. The summed E-state index contributed by atoms with van der Waals surface area (Å²) >= 11 is 11.7. The van der Waals surface area contributed by atoms with Gasteiger partial charge in [-0.2, -0.15) is 0 Å². The third-order valence-electron chi connectivity index (χ3n) is 2.75. The zero-order chi connectivity index (χ0) is 15.4. The molecule has 7 heteroatoms. The van der Waals surface area contributed by atoms with E-state index in [-0.39, 0.29) is 0 Å². The fourth-order valence-electron chi connectivity index (χ4n) is 1.78. The molecule has 0 saturated carbocycles. The molecule has 0 unspecified atom stereocenters. The van der Waals surface area contributed by atoms with Gasteiger partial charge in [-0.3, -0.25) is 0 Å². The highest BCUT2D eigenvalue weighted by molar-refractivity contribution is 6.30. The number of hydrogen-bond donors (Lipinski definition) is 2. The highest BCUT2D eigenvalue weighted by Crippen LogP contribution is 2.20. The highest BCUT2D eigenvalue weighted by Gasteiger charge is 2.02. The molecule has 3 rings (SSSR count). The van der Waals surface area contributed by atoms with Crippen LogP contribution in [0.1, 0.15) is 0 Å². The molecule has 2 heterocycles. The molecule has 22 heavy (non-hydrogen) atoms. The van der Waals surface area contributed by atoms with Crippen LogP contribution in [0.3, 0.4) is 0 Å². The normalized spacial score (nSPS) is 10.3. The van der Waals surface area contributed by atoms with Gasteiger partial charge in [0.15, 0.2) is 0 Å². The summed E-state index contributed by atoms with van der Waals surface area (Å²) < 4.78 is 0. The monoisotopic (exact) mass is 331 g/mol. The van der Waals surface area contributed by atoms with E-state index in [0.717, 1.165) is 5.69 Å². The number of halogens is 2. The van der Waals surface area contributed by atoms with Crippen molar-refractivity contribution in [2.75, 3.05) is 10.6 Å². The summed E-state index contributed by atoms with van der Waals surface area (Å²) in [5.74, 6) is 1.88. The molecule has 0 aliphatic carbocycles. The van der Waals surface area contributed by atoms with Gasteiger partial charge in [0.2, 0.25) is 0 Å². The standard InChI is InChI=1S/C15H11Cl2N5/c16-10-4-6-11(7-5-10)20-14-8-15(19-9-18-14)22-13-3-1-2-12(17)21-13/h1-9H,(H2,18,19,20,21,22). The second-order valence-corrected chi connectivity index (χ2v) is 5.21. The lowest BCUT2D eigenvalue weighted by Gasteiger charge is -2.08. The molecular formula is C15H11Cl2N5. The molecular weight excluding hydrogens is 321 g/mol. The van der Waals surface area contributed by atoms with Gasteiger partial charge in [0, 0.05) is 16.8 Å². The Labute approximate surface area is 137 Å². The van der Waals surface area contributed by atoms with E-state index in [1.54, 1.807) is 30.3 Å². The zero-order valence-electron chi connectivity index (χ0n) is 11.3. The second-order valence-electron chi connectivity index (χ2n) is 4.39. The van der Waals surface area contributed by atoms with Crippen LogP contribution < -0.4 is 10.6 Å². The van der Waals surface area contributed by atoms with Crippen LogP contribution >= 0.6 is 23.2 Å². The van der Waals surface area contributed by atoms with Gasteiger partial charge in [0.1, 0.15) is 28.9 Å². The van der Waals surface area contributed by atoms with Crippen LogP contribution in [-0.2, 0) is 0 Å². The molecule has 5 nitrogen and oxygen atoms in total. The van der Waals surface area contributed by atoms with E-state index in [0.29, 0.717) is 27.6 Å². The Bertz CT molecular complexity index is 777. The molecule has 0 saturated heterocycles. The average molecular weight is 332 g/mol. The van der Waals surface area contributed by atoms with Crippen LogP contribution in [0.4, 0.5) is 23.1 Å². The van der Waals surface area contributed by atoms with Crippen molar-refractivity contribution in [3.63, 3.8) is 0 Å². The van der Waals surface area contributed by atoms with E-state index < -0.39 is 0 Å². The van der Waals surface area contributed by atoms with Crippen LogP contribution in [0.2, 0.25) is 10.2 Å². The predicted molar refractivity (Wildman–Crippen MR) is 89.3 cm³/mol. The lowest BCUT2D eigenvalue weighted by atomic mass is 10.3. The number of nitrogens with one attached hydrogen (secondary N) is 2. The molecule has 2 N–H and O–H groups in total. The third-order valence-corrected chi connectivity index (χ3v) is 3.22. The Kier molecular flexibility index (Phi) is 4.37. The minimum Gasteiger partial charge on any atom is -0.340 e. The maximum atomic E-state index is 5.86. The summed E-state index contributed by atoms with van der Waals surface area (Å²) in [7, 11) is 0. The van der Waals surface area contributed by atoms with Gasteiger partial charge in [-0.1, -0.05) is 29.3 Å². The topological polar surface area (TPSA) is 62.7 Å². The van der Waals surface area contributed by atoms with Crippen LogP contribution in [0.5, 0.6) is 0 Å². The van der Waals surface area contributed by atoms with Gasteiger partial charge in [-0.25, -0.2) is 15.0 Å². The van der Waals surface area contributed by atoms with E-state index in [2.05, 4.69) is 25.6 Å². The number of pyridine rings is 1. The summed E-state index contributed by atoms with van der Waals surface area (Å²) in [4.78, 5) is 12.5. The fourth-order valence-corrected chi connectivity index (χ4v) is 2.07. The summed E-state index contributed by atoms with van der Waals surface area (Å²) in [6.07, 6.45) is 1.46. The molecule has 0 aliphatic rings. The Morgan fingerprint density at radius 2 is 1.50 bits per heavy atom. The molecule has 0 bridgehead atoms. The van der Waals surface area contributed by atoms with Crippen LogP contribution in [0.25, 0.3) is 0 Å². The molecule has 1 aromatic carbocycles. The first kappa shape index (κ1) is 14.6. The first-order valence-electron chi connectivity index (χ1n) is 6.43. The Balaban J connectivity index is 1.76. The SMILES string of the molecule is Clc1ccc(Nc2cc(Nc3cccc(Cl)n3)ncn2)cc1. The molecule has 0 spiro atoms.